The lowest BCUT2D eigenvalue weighted by Gasteiger charge is -2.23. The summed E-state index contributed by atoms with van der Waals surface area (Å²) in [6.45, 7) is 1.63. The van der Waals surface area contributed by atoms with E-state index in [1.807, 2.05) is 0 Å². The van der Waals surface area contributed by atoms with Crippen LogP contribution in [0.3, 0.4) is 0 Å². The number of nitrogens with one attached hydrogen (secondary N) is 1. The summed E-state index contributed by atoms with van der Waals surface area (Å²) in [4.78, 5) is 11.4. The minimum Gasteiger partial charge on any atom is -0.480 e. The first-order valence-corrected chi connectivity index (χ1v) is 7.38. The SMILES string of the molecule is CNC(C)(CCCCSc1cc(F)ccc1F)C(=O)O. The predicted molar refractivity (Wildman–Crippen MR) is 76.0 cm³/mol. The molecule has 1 aromatic carbocycles. The van der Waals surface area contributed by atoms with Gasteiger partial charge in [-0.1, -0.05) is 6.42 Å². The average molecular weight is 303 g/mol. The Morgan fingerprint density at radius 1 is 1.40 bits per heavy atom. The fourth-order valence-corrected chi connectivity index (χ4v) is 2.66. The fourth-order valence-electron chi connectivity index (χ4n) is 1.69. The van der Waals surface area contributed by atoms with Gasteiger partial charge in [0.15, 0.2) is 0 Å². The molecule has 0 saturated heterocycles. The van der Waals surface area contributed by atoms with Gasteiger partial charge in [0.05, 0.1) is 0 Å². The molecule has 6 heteroatoms. The van der Waals surface area contributed by atoms with Gasteiger partial charge >= 0.3 is 5.97 Å². The topological polar surface area (TPSA) is 49.3 Å². The first-order chi connectivity index (χ1) is 9.39. The van der Waals surface area contributed by atoms with Gasteiger partial charge in [0, 0.05) is 4.90 Å². The first kappa shape index (κ1) is 16.9. The summed E-state index contributed by atoms with van der Waals surface area (Å²) in [5.41, 5.74) is -0.936. The van der Waals surface area contributed by atoms with Crippen molar-refractivity contribution in [2.75, 3.05) is 12.8 Å². The lowest BCUT2D eigenvalue weighted by molar-refractivity contribution is -0.144. The van der Waals surface area contributed by atoms with Crippen LogP contribution in [0.4, 0.5) is 8.78 Å². The van der Waals surface area contributed by atoms with Gasteiger partial charge < -0.3 is 10.4 Å². The monoisotopic (exact) mass is 303 g/mol. The van der Waals surface area contributed by atoms with Crippen molar-refractivity contribution in [3.8, 4) is 0 Å². The van der Waals surface area contributed by atoms with Gasteiger partial charge in [-0.25, -0.2) is 8.78 Å². The van der Waals surface area contributed by atoms with Crippen molar-refractivity contribution >= 4 is 17.7 Å². The van der Waals surface area contributed by atoms with E-state index in [0.717, 1.165) is 18.6 Å². The molecule has 0 radical (unpaired) electrons. The molecule has 0 spiro atoms. The van der Waals surface area contributed by atoms with Crippen molar-refractivity contribution in [1.82, 2.24) is 5.32 Å². The zero-order valence-electron chi connectivity index (χ0n) is 11.6. The third-order valence-electron chi connectivity index (χ3n) is 3.25. The quantitative estimate of drug-likeness (QED) is 0.571. The summed E-state index contributed by atoms with van der Waals surface area (Å²) in [5.74, 6) is -1.15. The zero-order chi connectivity index (χ0) is 15.2. The molecular formula is C14H19F2NO2S. The second-order valence-corrected chi connectivity index (χ2v) is 5.90. The van der Waals surface area contributed by atoms with Crippen LogP contribution in [-0.2, 0) is 4.79 Å². The Morgan fingerprint density at radius 3 is 2.70 bits per heavy atom. The second kappa shape index (κ2) is 7.59. The molecule has 0 aliphatic heterocycles. The highest BCUT2D eigenvalue weighted by molar-refractivity contribution is 7.99. The molecule has 0 heterocycles. The molecule has 2 N–H and O–H groups in total. The summed E-state index contributed by atoms with van der Waals surface area (Å²) < 4.78 is 26.3. The van der Waals surface area contributed by atoms with Crippen LogP contribution in [0.1, 0.15) is 26.2 Å². The molecule has 1 atom stereocenters. The first-order valence-electron chi connectivity index (χ1n) is 6.39. The third-order valence-corrected chi connectivity index (χ3v) is 4.36. The van der Waals surface area contributed by atoms with E-state index in [9.17, 15) is 13.6 Å². The number of hydrogen-bond donors (Lipinski definition) is 2. The highest BCUT2D eigenvalue weighted by Crippen LogP contribution is 2.24. The van der Waals surface area contributed by atoms with Gasteiger partial charge in [-0.15, -0.1) is 11.8 Å². The largest absolute Gasteiger partial charge is 0.480 e. The number of benzene rings is 1. The number of hydrogen-bond acceptors (Lipinski definition) is 3. The minimum absolute atomic E-state index is 0.291. The van der Waals surface area contributed by atoms with E-state index in [2.05, 4.69) is 5.32 Å². The lowest BCUT2D eigenvalue weighted by Crippen LogP contribution is -2.47. The molecule has 20 heavy (non-hydrogen) atoms. The van der Waals surface area contributed by atoms with Gasteiger partial charge in [-0.3, -0.25) is 4.79 Å². The van der Waals surface area contributed by atoms with Crippen LogP contribution < -0.4 is 5.32 Å². The third kappa shape index (κ3) is 4.76. The Hall–Kier alpha value is -1.14. The number of carboxylic acid groups (broad SMARTS) is 1. The van der Waals surface area contributed by atoms with Crippen LogP contribution in [0.2, 0.25) is 0 Å². The van der Waals surface area contributed by atoms with Gasteiger partial charge in [-0.2, -0.15) is 0 Å². The number of carboxylic acids is 1. The average Bonchev–Trinajstić information content (AvgIpc) is 2.41. The Kier molecular flexibility index (Phi) is 6.42. The smallest absolute Gasteiger partial charge is 0.323 e. The number of rotatable bonds is 8. The molecule has 0 aromatic heterocycles. The number of unbranched alkanes of at least 4 members (excludes halogenated alkanes) is 1. The second-order valence-electron chi connectivity index (χ2n) is 4.77. The molecular weight excluding hydrogens is 284 g/mol. The maximum atomic E-state index is 13.4. The Balaban J connectivity index is 2.35. The standard InChI is InChI=1S/C14H19F2NO2S/c1-14(17-2,13(18)19)7-3-4-8-20-12-9-10(15)5-6-11(12)16/h5-6,9,17H,3-4,7-8H2,1-2H3,(H,18,19). The molecule has 1 rings (SSSR count). The van der Waals surface area contributed by atoms with Crippen LogP contribution in [0, 0.1) is 11.6 Å². The van der Waals surface area contributed by atoms with Crippen molar-refractivity contribution < 1.29 is 18.7 Å². The van der Waals surface area contributed by atoms with Gasteiger partial charge in [0.25, 0.3) is 0 Å². The zero-order valence-corrected chi connectivity index (χ0v) is 12.4. The molecule has 0 fully saturated rings. The number of aliphatic carboxylic acids is 1. The summed E-state index contributed by atoms with van der Waals surface area (Å²) >= 11 is 1.24. The number of carbonyl (C=O) groups is 1. The molecule has 0 saturated carbocycles. The summed E-state index contributed by atoms with van der Waals surface area (Å²) in [6.07, 6.45) is 1.93. The molecule has 0 aliphatic rings. The van der Waals surface area contributed by atoms with E-state index in [1.165, 1.54) is 17.8 Å². The van der Waals surface area contributed by atoms with Gasteiger partial charge in [0.2, 0.25) is 0 Å². The van der Waals surface area contributed by atoms with Gasteiger partial charge in [0.1, 0.15) is 17.2 Å². The highest BCUT2D eigenvalue weighted by Gasteiger charge is 2.29. The van der Waals surface area contributed by atoms with Crippen LogP contribution in [0.25, 0.3) is 0 Å². The van der Waals surface area contributed by atoms with Crippen LogP contribution in [0.15, 0.2) is 23.1 Å². The normalized spacial score (nSPS) is 14.0. The molecule has 0 amide bonds. The van der Waals surface area contributed by atoms with E-state index in [0.29, 0.717) is 23.5 Å². The van der Waals surface area contributed by atoms with Crippen molar-refractivity contribution in [2.45, 2.75) is 36.6 Å². The van der Waals surface area contributed by atoms with Crippen LogP contribution in [-0.4, -0.2) is 29.4 Å². The fraction of sp³-hybridized carbons (Fsp3) is 0.500. The molecule has 0 aliphatic carbocycles. The van der Waals surface area contributed by atoms with E-state index < -0.39 is 23.1 Å². The minimum atomic E-state index is -0.936. The number of likely N-dealkylation sites (N-methyl/N-ethyl adjacent to an activating group) is 1. The Labute approximate surface area is 121 Å². The predicted octanol–water partition coefficient (Wildman–Crippen LogP) is 3.29. The van der Waals surface area contributed by atoms with Gasteiger partial charge in [-0.05, 0) is 50.8 Å². The van der Waals surface area contributed by atoms with Crippen LogP contribution >= 0.6 is 11.8 Å². The number of thioether (sulfide) groups is 1. The molecule has 3 nitrogen and oxygen atoms in total. The highest BCUT2D eigenvalue weighted by atomic mass is 32.2. The Bertz CT molecular complexity index is 470. The van der Waals surface area contributed by atoms with E-state index in [1.54, 1.807) is 14.0 Å². The molecule has 112 valence electrons. The summed E-state index contributed by atoms with van der Waals surface area (Å²) in [7, 11) is 1.62. The van der Waals surface area contributed by atoms with Crippen molar-refractivity contribution in [3.05, 3.63) is 29.8 Å². The summed E-state index contributed by atoms with van der Waals surface area (Å²) in [5, 5.41) is 11.9. The van der Waals surface area contributed by atoms with Crippen LogP contribution in [0.5, 0.6) is 0 Å². The maximum Gasteiger partial charge on any atom is 0.323 e. The van der Waals surface area contributed by atoms with Crippen molar-refractivity contribution in [1.29, 1.82) is 0 Å². The molecule has 0 bridgehead atoms. The number of halogens is 2. The molecule has 1 unspecified atom stereocenters. The Morgan fingerprint density at radius 2 is 2.10 bits per heavy atom. The van der Waals surface area contributed by atoms with Crippen molar-refractivity contribution in [3.63, 3.8) is 0 Å². The van der Waals surface area contributed by atoms with E-state index in [4.69, 9.17) is 5.11 Å². The maximum absolute atomic E-state index is 13.4. The molecule has 1 aromatic rings. The lowest BCUT2D eigenvalue weighted by atomic mass is 9.95. The van der Waals surface area contributed by atoms with E-state index >= 15 is 0 Å². The summed E-state index contributed by atoms with van der Waals surface area (Å²) in [6, 6.07) is 3.37. The van der Waals surface area contributed by atoms with Crippen molar-refractivity contribution in [2.24, 2.45) is 0 Å². The van der Waals surface area contributed by atoms with E-state index in [-0.39, 0.29) is 0 Å².